The molecule has 0 amide bonds. The van der Waals surface area contributed by atoms with E-state index in [9.17, 15) is 20.2 Å². The number of hydrogen-bond acceptors (Lipinski definition) is 8. The molecule has 3 rings (SSSR count). The highest BCUT2D eigenvalue weighted by Crippen LogP contribution is 2.35. The summed E-state index contributed by atoms with van der Waals surface area (Å²) in [6, 6.07) is 7.18. The molecule has 0 unspecified atom stereocenters. The average molecular weight is 315 g/mol. The van der Waals surface area contributed by atoms with Crippen molar-refractivity contribution in [3.8, 4) is 0 Å². The van der Waals surface area contributed by atoms with Crippen LogP contribution in [-0.2, 0) is 0 Å². The van der Waals surface area contributed by atoms with Gasteiger partial charge in [-0.1, -0.05) is 6.07 Å². The lowest BCUT2D eigenvalue weighted by Gasteiger charge is -2.09. The maximum Gasteiger partial charge on any atom is 0.323 e. The van der Waals surface area contributed by atoms with Crippen LogP contribution in [0.1, 0.15) is 5.56 Å². The van der Waals surface area contributed by atoms with Gasteiger partial charge in [0.05, 0.1) is 9.85 Å². The number of aryl methyl sites for hydroxylation is 1. The van der Waals surface area contributed by atoms with Crippen molar-refractivity contribution in [2.75, 3.05) is 5.32 Å². The van der Waals surface area contributed by atoms with Crippen molar-refractivity contribution in [2.45, 2.75) is 6.92 Å². The van der Waals surface area contributed by atoms with Gasteiger partial charge in [-0.15, -0.1) is 0 Å². The minimum Gasteiger partial charge on any atom is -0.349 e. The minimum atomic E-state index is -0.610. The van der Waals surface area contributed by atoms with E-state index < -0.39 is 9.85 Å². The van der Waals surface area contributed by atoms with Crippen molar-refractivity contribution in [2.24, 2.45) is 0 Å². The molecule has 0 saturated heterocycles. The number of anilines is 2. The van der Waals surface area contributed by atoms with E-state index in [1.54, 1.807) is 13.0 Å². The standard InChI is InChI=1S/C13H9N5O5/c1-7-2-3-8(17(19)20)6-11(7)14-10-5-4-9-12(16-23-15-9)13(10)18(21)22/h2-6,14H,1H3. The predicted octanol–water partition coefficient (Wildman–Crippen LogP) is 3.09. The molecule has 0 fully saturated rings. The Bertz CT molecular complexity index is 936. The Kier molecular flexibility index (Phi) is 3.33. The third-order valence-corrected chi connectivity index (χ3v) is 3.29. The Morgan fingerprint density at radius 3 is 2.52 bits per heavy atom. The first-order valence-electron chi connectivity index (χ1n) is 6.39. The number of nitro groups is 2. The Morgan fingerprint density at radius 2 is 1.83 bits per heavy atom. The second kappa shape index (κ2) is 5.33. The van der Waals surface area contributed by atoms with Crippen LogP contribution in [0.25, 0.3) is 11.0 Å². The van der Waals surface area contributed by atoms with Gasteiger partial charge < -0.3 is 5.32 Å². The zero-order valence-electron chi connectivity index (χ0n) is 11.7. The highest BCUT2D eigenvalue weighted by molar-refractivity contribution is 5.92. The minimum absolute atomic E-state index is 0.00286. The summed E-state index contributed by atoms with van der Waals surface area (Å²) in [6.07, 6.45) is 0. The summed E-state index contributed by atoms with van der Waals surface area (Å²) in [5.41, 5.74) is 1.05. The molecule has 10 nitrogen and oxygen atoms in total. The molecule has 1 N–H and O–H groups in total. The molecule has 0 radical (unpaired) electrons. The van der Waals surface area contributed by atoms with Crippen LogP contribution >= 0.6 is 0 Å². The van der Waals surface area contributed by atoms with Crippen LogP contribution in [0.3, 0.4) is 0 Å². The van der Waals surface area contributed by atoms with E-state index in [0.717, 1.165) is 0 Å². The number of benzene rings is 2. The summed E-state index contributed by atoms with van der Waals surface area (Å²) >= 11 is 0. The fourth-order valence-electron chi connectivity index (χ4n) is 2.13. The molecule has 0 aliphatic carbocycles. The molecule has 3 aromatic rings. The Balaban J connectivity index is 2.12. The fraction of sp³-hybridized carbons (Fsp3) is 0.0769. The van der Waals surface area contributed by atoms with E-state index >= 15 is 0 Å². The van der Waals surface area contributed by atoms with Gasteiger partial charge >= 0.3 is 5.69 Å². The fourth-order valence-corrected chi connectivity index (χ4v) is 2.13. The second-order valence-electron chi connectivity index (χ2n) is 4.73. The van der Waals surface area contributed by atoms with Gasteiger partial charge in [0.15, 0.2) is 0 Å². The molecule has 23 heavy (non-hydrogen) atoms. The Labute approximate surface area is 128 Å². The summed E-state index contributed by atoms with van der Waals surface area (Å²) in [6.45, 7) is 1.73. The molecule has 0 saturated carbocycles. The lowest BCUT2D eigenvalue weighted by atomic mass is 10.1. The summed E-state index contributed by atoms with van der Waals surface area (Å²) in [5, 5.41) is 32.1. The van der Waals surface area contributed by atoms with Crippen molar-refractivity contribution in [3.63, 3.8) is 0 Å². The van der Waals surface area contributed by atoms with E-state index in [2.05, 4.69) is 20.3 Å². The topological polar surface area (TPSA) is 137 Å². The predicted molar refractivity (Wildman–Crippen MR) is 79.6 cm³/mol. The molecule has 1 heterocycles. The van der Waals surface area contributed by atoms with Crippen molar-refractivity contribution >= 4 is 33.8 Å². The lowest BCUT2D eigenvalue weighted by Crippen LogP contribution is -2.00. The van der Waals surface area contributed by atoms with E-state index in [1.165, 1.54) is 24.3 Å². The van der Waals surface area contributed by atoms with Gasteiger partial charge in [-0.25, -0.2) is 4.63 Å². The first-order chi connectivity index (χ1) is 11.0. The Hall–Kier alpha value is -3.56. The van der Waals surface area contributed by atoms with E-state index in [4.69, 9.17) is 0 Å². The smallest absolute Gasteiger partial charge is 0.323 e. The maximum absolute atomic E-state index is 11.3. The number of nitrogens with one attached hydrogen (secondary N) is 1. The average Bonchev–Trinajstić information content (AvgIpc) is 2.96. The SMILES string of the molecule is Cc1ccc([N+](=O)[O-])cc1Nc1ccc2nonc2c1[N+](=O)[O-]. The molecule has 10 heteroatoms. The molecule has 0 atom stereocenters. The number of hydrogen-bond donors (Lipinski definition) is 1. The van der Waals surface area contributed by atoms with Crippen molar-refractivity contribution in [3.05, 3.63) is 56.1 Å². The number of nitro benzene ring substituents is 2. The van der Waals surface area contributed by atoms with Crippen LogP contribution in [0.15, 0.2) is 35.0 Å². The molecule has 0 aliphatic heterocycles. The van der Waals surface area contributed by atoms with Crippen LogP contribution in [0.2, 0.25) is 0 Å². The first-order valence-corrected chi connectivity index (χ1v) is 6.39. The normalized spacial score (nSPS) is 10.7. The summed E-state index contributed by atoms with van der Waals surface area (Å²) in [7, 11) is 0. The number of aromatic nitrogens is 2. The zero-order chi connectivity index (χ0) is 16.6. The molecule has 1 aromatic heterocycles. The molecule has 2 aromatic carbocycles. The first kappa shape index (κ1) is 14.4. The summed E-state index contributed by atoms with van der Waals surface area (Å²) in [5.74, 6) is 0. The van der Waals surface area contributed by atoms with Gasteiger partial charge in [-0.2, -0.15) is 0 Å². The number of non-ortho nitro benzene ring substituents is 1. The molecular formula is C13H9N5O5. The number of fused-ring (bicyclic) bond motifs is 1. The van der Waals surface area contributed by atoms with Crippen LogP contribution in [0.5, 0.6) is 0 Å². The van der Waals surface area contributed by atoms with Crippen molar-refractivity contribution in [1.29, 1.82) is 0 Å². The highest BCUT2D eigenvalue weighted by Gasteiger charge is 2.23. The van der Waals surface area contributed by atoms with Crippen LogP contribution < -0.4 is 5.32 Å². The van der Waals surface area contributed by atoms with Gasteiger partial charge in [-0.3, -0.25) is 20.2 Å². The molecule has 0 bridgehead atoms. The van der Waals surface area contributed by atoms with Gasteiger partial charge in [0.1, 0.15) is 11.2 Å². The summed E-state index contributed by atoms with van der Waals surface area (Å²) in [4.78, 5) is 21.1. The van der Waals surface area contributed by atoms with E-state index in [0.29, 0.717) is 11.3 Å². The monoisotopic (exact) mass is 315 g/mol. The van der Waals surface area contributed by atoms with Crippen molar-refractivity contribution < 1.29 is 14.5 Å². The molecule has 0 aliphatic rings. The highest BCUT2D eigenvalue weighted by atomic mass is 16.6. The summed E-state index contributed by atoms with van der Waals surface area (Å²) < 4.78 is 4.51. The lowest BCUT2D eigenvalue weighted by molar-refractivity contribution is -0.384. The van der Waals surface area contributed by atoms with E-state index in [1.807, 2.05) is 0 Å². The quantitative estimate of drug-likeness (QED) is 0.572. The maximum atomic E-state index is 11.3. The van der Waals surface area contributed by atoms with Crippen LogP contribution in [0, 0.1) is 27.2 Å². The molecular weight excluding hydrogens is 306 g/mol. The van der Waals surface area contributed by atoms with Gasteiger partial charge in [0.2, 0.25) is 5.52 Å². The van der Waals surface area contributed by atoms with Gasteiger partial charge in [0, 0.05) is 17.8 Å². The van der Waals surface area contributed by atoms with E-state index in [-0.39, 0.29) is 28.1 Å². The molecule has 116 valence electrons. The van der Waals surface area contributed by atoms with Crippen molar-refractivity contribution in [1.82, 2.24) is 10.3 Å². The number of nitrogens with zero attached hydrogens (tertiary/aromatic N) is 4. The third-order valence-electron chi connectivity index (χ3n) is 3.29. The second-order valence-corrected chi connectivity index (χ2v) is 4.73. The largest absolute Gasteiger partial charge is 0.349 e. The molecule has 0 spiro atoms. The van der Waals surface area contributed by atoms with Gasteiger partial charge in [-0.05, 0) is 34.9 Å². The number of rotatable bonds is 4. The van der Waals surface area contributed by atoms with Crippen LogP contribution in [0.4, 0.5) is 22.7 Å². The van der Waals surface area contributed by atoms with Crippen LogP contribution in [-0.4, -0.2) is 20.2 Å². The zero-order valence-corrected chi connectivity index (χ0v) is 11.7. The van der Waals surface area contributed by atoms with Gasteiger partial charge in [0.25, 0.3) is 5.69 Å². The third kappa shape index (κ3) is 2.52. The Morgan fingerprint density at radius 1 is 1.04 bits per heavy atom.